The van der Waals surface area contributed by atoms with Gasteiger partial charge in [-0.3, -0.25) is 14.4 Å². The number of nitrogens with zero attached hydrogens (tertiary/aromatic N) is 1. The average Bonchev–Trinajstić information content (AvgIpc) is 3.26. The first-order valence-electron chi connectivity index (χ1n) is 10.1. The van der Waals surface area contributed by atoms with E-state index in [1.54, 1.807) is 11.8 Å². The molecular formula is C22H28N4O3S. The molecule has 1 fully saturated rings. The maximum absolute atomic E-state index is 12.9. The summed E-state index contributed by atoms with van der Waals surface area (Å²) < 4.78 is 0. The van der Waals surface area contributed by atoms with E-state index in [1.165, 1.54) is 4.90 Å². The van der Waals surface area contributed by atoms with Gasteiger partial charge in [-0.05, 0) is 54.2 Å². The van der Waals surface area contributed by atoms with E-state index < -0.39 is 12.1 Å². The summed E-state index contributed by atoms with van der Waals surface area (Å²) in [7, 11) is 0. The number of hydrogen-bond donors (Lipinski definition) is 3. The molecule has 1 heterocycles. The van der Waals surface area contributed by atoms with Crippen LogP contribution in [0.25, 0.3) is 10.8 Å². The van der Waals surface area contributed by atoms with Crippen molar-refractivity contribution in [2.75, 3.05) is 30.4 Å². The third-order valence-electron chi connectivity index (χ3n) is 5.31. The van der Waals surface area contributed by atoms with Gasteiger partial charge in [0.05, 0.1) is 6.54 Å². The highest BCUT2D eigenvalue weighted by Gasteiger charge is 2.35. The zero-order valence-corrected chi connectivity index (χ0v) is 17.9. The Bertz CT molecular complexity index is 920. The number of benzene rings is 2. The van der Waals surface area contributed by atoms with Crippen molar-refractivity contribution in [2.45, 2.75) is 31.3 Å². The molecule has 3 rings (SSSR count). The fourth-order valence-electron chi connectivity index (χ4n) is 3.72. The third kappa shape index (κ3) is 5.31. The standard InChI is InChI=1S/C22H28N4O3S/c1-30-12-10-18(25-22(29)19-7-4-11-26(19)20(27)14-23)21(28)24-17-9-8-15-5-2-3-6-16(15)13-17/h2-3,5-6,8-9,13,18-19H,4,7,10-12,14,23H2,1H3,(H,24,28)(H,25,29)/t18-,19-/m0/s1. The van der Waals surface area contributed by atoms with Crippen LogP contribution in [0.2, 0.25) is 0 Å². The summed E-state index contributed by atoms with van der Waals surface area (Å²) in [6, 6.07) is 12.4. The van der Waals surface area contributed by atoms with Gasteiger partial charge in [-0.15, -0.1) is 0 Å². The lowest BCUT2D eigenvalue weighted by Crippen LogP contribution is -2.52. The maximum atomic E-state index is 12.9. The number of amides is 3. The van der Waals surface area contributed by atoms with Gasteiger partial charge in [0.1, 0.15) is 12.1 Å². The minimum Gasteiger partial charge on any atom is -0.342 e. The molecule has 160 valence electrons. The predicted molar refractivity (Wildman–Crippen MR) is 121 cm³/mol. The van der Waals surface area contributed by atoms with Gasteiger partial charge in [0.25, 0.3) is 0 Å². The lowest BCUT2D eigenvalue weighted by Gasteiger charge is -2.26. The van der Waals surface area contributed by atoms with Crippen molar-refractivity contribution >= 4 is 45.9 Å². The molecule has 0 bridgehead atoms. The van der Waals surface area contributed by atoms with Crippen molar-refractivity contribution in [1.29, 1.82) is 0 Å². The topological polar surface area (TPSA) is 105 Å². The summed E-state index contributed by atoms with van der Waals surface area (Å²) in [5, 5.41) is 7.90. The van der Waals surface area contributed by atoms with Gasteiger partial charge in [0, 0.05) is 12.2 Å². The van der Waals surface area contributed by atoms with E-state index in [9.17, 15) is 14.4 Å². The molecule has 0 aliphatic carbocycles. The highest BCUT2D eigenvalue weighted by molar-refractivity contribution is 7.98. The van der Waals surface area contributed by atoms with Crippen LogP contribution >= 0.6 is 11.8 Å². The van der Waals surface area contributed by atoms with Crippen molar-refractivity contribution < 1.29 is 14.4 Å². The lowest BCUT2D eigenvalue weighted by atomic mass is 10.1. The molecule has 2 atom stereocenters. The number of fused-ring (bicyclic) bond motifs is 1. The first kappa shape index (κ1) is 22.1. The van der Waals surface area contributed by atoms with Gasteiger partial charge >= 0.3 is 0 Å². The average molecular weight is 429 g/mol. The molecule has 1 aliphatic heterocycles. The molecule has 8 heteroatoms. The Balaban J connectivity index is 1.70. The second-order valence-corrected chi connectivity index (χ2v) is 8.33. The van der Waals surface area contributed by atoms with Gasteiger partial charge in [-0.25, -0.2) is 0 Å². The number of anilines is 1. The van der Waals surface area contributed by atoms with Gasteiger partial charge in [0.2, 0.25) is 17.7 Å². The summed E-state index contributed by atoms with van der Waals surface area (Å²) in [5.74, 6) is -0.0722. The predicted octanol–water partition coefficient (Wildman–Crippen LogP) is 1.97. The summed E-state index contributed by atoms with van der Waals surface area (Å²) in [6.45, 7) is 0.398. The quantitative estimate of drug-likeness (QED) is 0.596. The Morgan fingerprint density at radius 2 is 1.97 bits per heavy atom. The number of carbonyl (C=O) groups is 3. The Labute approximate surface area is 180 Å². The third-order valence-corrected chi connectivity index (χ3v) is 5.95. The summed E-state index contributed by atoms with van der Waals surface area (Å²) in [5.41, 5.74) is 6.15. The molecule has 7 nitrogen and oxygen atoms in total. The lowest BCUT2D eigenvalue weighted by molar-refractivity contribution is -0.138. The zero-order valence-electron chi connectivity index (χ0n) is 17.1. The molecule has 30 heavy (non-hydrogen) atoms. The van der Waals surface area contributed by atoms with Crippen LogP contribution in [0.4, 0.5) is 5.69 Å². The fourth-order valence-corrected chi connectivity index (χ4v) is 4.20. The van der Waals surface area contributed by atoms with Gasteiger partial charge in [-0.1, -0.05) is 30.3 Å². The molecule has 2 aromatic carbocycles. The van der Waals surface area contributed by atoms with Crippen LogP contribution in [0.1, 0.15) is 19.3 Å². The normalized spacial score (nSPS) is 17.0. The van der Waals surface area contributed by atoms with E-state index in [4.69, 9.17) is 5.73 Å². The van der Waals surface area contributed by atoms with Gasteiger partial charge in [-0.2, -0.15) is 11.8 Å². The molecule has 0 spiro atoms. The van der Waals surface area contributed by atoms with Crippen molar-refractivity contribution in [1.82, 2.24) is 10.2 Å². The number of rotatable bonds is 8. The molecule has 3 amide bonds. The van der Waals surface area contributed by atoms with Crippen molar-refractivity contribution in [2.24, 2.45) is 5.73 Å². The number of hydrogen-bond acceptors (Lipinski definition) is 5. The Morgan fingerprint density at radius 3 is 2.70 bits per heavy atom. The molecule has 1 saturated heterocycles. The maximum Gasteiger partial charge on any atom is 0.246 e. The monoisotopic (exact) mass is 428 g/mol. The Kier molecular flexibility index (Phi) is 7.70. The number of likely N-dealkylation sites (tertiary alicyclic amines) is 1. The van der Waals surface area contributed by atoms with Crippen LogP contribution in [0.15, 0.2) is 42.5 Å². The van der Waals surface area contributed by atoms with E-state index in [-0.39, 0.29) is 24.3 Å². The number of nitrogens with one attached hydrogen (secondary N) is 2. The smallest absolute Gasteiger partial charge is 0.246 e. The fraction of sp³-hybridized carbons (Fsp3) is 0.409. The molecule has 2 aromatic rings. The van der Waals surface area contributed by atoms with E-state index in [0.29, 0.717) is 25.1 Å². The molecule has 0 radical (unpaired) electrons. The zero-order chi connectivity index (χ0) is 21.5. The number of nitrogens with two attached hydrogens (primary N) is 1. The van der Waals surface area contributed by atoms with Gasteiger partial charge < -0.3 is 21.3 Å². The van der Waals surface area contributed by atoms with Gasteiger partial charge in [0.15, 0.2) is 0 Å². The highest BCUT2D eigenvalue weighted by atomic mass is 32.2. The number of thioether (sulfide) groups is 1. The van der Waals surface area contributed by atoms with E-state index >= 15 is 0 Å². The van der Waals surface area contributed by atoms with E-state index in [1.807, 2.05) is 48.7 Å². The first-order valence-corrected chi connectivity index (χ1v) is 11.5. The van der Waals surface area contributed by atoms with E-state index in [2.05, 4.69) is 10.6 Å². The van der Waals surface area contributed by atoms with Crippen molar-refractivity contribution in [3.05, 3.63) is 42.5 Å². The number of carbonyl (C=O) groups excluding carboxylic acids is 3. The summed E-state index contributed by atoms with van der Waals surface area (Å²) >= 11 is 1.61. The van der Waals surface area contributed by atoms with Crippen LogP contribution in [0.3, 0.4) is 0 Å². The minimum atomic E-state index is -0.674. The van der Waals surface area contributed by atoms with Crippen molar-refractivity contribution in [3.63, 3.8) is 0 Å². The molecular weight excluding hydrogens is 400 g/mol. The second-order valence-electron chi connectivity index (χ2n) is 7.34. The molecule has 0 aromatic heterocycles. The summed E-state index contributed by atoms with van der Waals surface area (Å²) in [4.78, 5) is 39.3. The van der Waals surface area contributed by atoms with Crippen LogP contribution < -0.4 is 16.4 Å². The van der Waals surface area contributed by atoms with Crippen LogP contribution in [-0.4, -0.2) is 59.8 Å². The van der Waals surface area contributed by atoms with Crippen molar-refractivity contribution in [3.8, 4) is 0 Å². The first-order chi connectivity index (χ1) is 14.5. The SMILES string of the molecule is CSCC[C@H](NC(=O)[C@@H]1CCCN1C(=O)CN)C(=O)Nc1ccc2ccccc2c1. The van der Waals surface area contributed by atoms with Crippen LogP contribution in [0, 0.1) is 0 Å². The molecule has 0 saturated carbocycles. The van der Waals surface area contributed by atoms with Crippen LogP contribution in [-0.2, 0) is 14.4 Å². The minimum absolute atomic E-state index is 0.123. The molecule has 1 aliphatic rings. The Hall–Kier alpha value is -2.58. The second kappa shape index (κ2) is 10.4. The van der Waals surface area contributed by atoms with E-state index in [0.717, 1.165) is 22.9 Å². The Morgan fingerprint density at radius 1 is 1.20 bits per heavy atom. The molecule has 4 N–H and O–H groups in total. The molecule has 0 unspecified atom stereocenters. The van der Waals surface area contributed by atoms with Crippen LogP contribution in [0.5, 0.6) is 0 Å². The summed E-state index contributed by atoms with van der Waals surface area (Å²) in [6.07, 6.45) is 3.80. The largest absolute Gasteiger partial charge is 0.342 e. The highest BCUT2D eigenvalue weighted by Crippen LogP contribution is 2.20.